The monoisotopic (exact) mass is 321 g/mol. The van der Waals surface area contributed by atoms with Crippen molar-refractivity contribution in [1.82, 2.24) is 4.72 Å². The molecule has 0 amide bonds. The number of ether oxygens (including phenoxy) is 1. The van der Waals surface area contributed by atoms with Crippen molar-refractivity contribution in [3.05, 3.63) is 42.5 Å². The second kappa shape index (κ2) is 7.38. The van der Waals surface area contributed by atoms with E-state index >= 15 is 0 Å². The van der Waals surface area contributed by atoms with Crippen LogP contribution in [0.2, 0.25) is 0 Å². The summed E-state index contributed by atoms with van der Waals surface area (Å²) in [5, 5.41) is 1.83. The van der Waals surface area contributed by atoms with Crippen LogP contribution >= 0.6 is 0 Å². The second-order valence-corrected chi connectivity index (χ2v) is 6.64. The topological polar surface area (TPSA) is 72.5 Å². The van der Waals surface area contributed by atoms with Crippen molar-refractivity contribution >= 4 is 26.8 Å². The number of esters is 1. The summed E-state index contributed by atoms with van der Waals surface area (Å²) in [4.78, 5) is 11.5. The maximum Gasteiger partial charge on any atom is 0.307 e. The molecule has 0 unspecified atom stereocenters. The van der Waals surface area contributed by atoms with Crippen molar-refractivity contribution < 1.29 is 17.9 Å². The average Bonchev–Trinajstić information content (AvgIpc) is 2.52. The van der Waals surface area contributed by atoms with Gasteiger partial charge in [-0.25, -0.2) is 13.1 Å². The molecule has 2 aromatic carbocycles. The Balaban J connectivity index is 2.01. The van der Waals surface area contributed by atoms with Crippen LogP contribution < -0.4 is 4.72 Å². The molecular weight excluding hydrogens is 302 g/mol. The zero-order valence-electron chi connectivity index (χ0n) is 12.4. The van der Waals surface area contributed by atoms with Crippen LogP contribution in [0.5, 0.6) is 0 Å². The minimum Gasteiger partial charge on any atom is -0.466 e. The van der Waals surface area contributed by atoms with E-state index in [2.05, 4.69) is 4.72 Å². The van der Waals surface area contributed by atoms with Crippen molar-refractivity contribution in [2.45, 2.75) is 24.7 Å². The van der Waals surface area contributed by atoms with Crippen molar-refractivity contribution in [1.29, 1.82) is 0 Å². The van der Waals surface area contributed by atoms with Gasteiger partial charge in [0.2, 0.25) is 10.0 Å². The first-order chi connectivity index (χ1) is 10.5. The Kier molecular flexibility index (Phi) is 5.51. The normalized spacial score (nSPS) is 11.5. The molecule has 0 saturated carbocycles. The van der Waals surface area contributed by atoms with Gasteiger partial charge in [0.25, 0.3) is 0 Å². The van der Waals surface area contributed by atoms with Gasteiger partial charge in [-0.05, 0) is 29.3 Å². The van der Waals surface area contributed by atoms with Gasteiger partial charge in [0.05, 0.1) is 17.9 Å². The fourth-order valence-corrected chi connectivity index (χ4v) is 3.06. The van der Waals surface area contributed by atoms with E-state index in [0.29, 0.717) is 6.61 Å². The predicted octanol–water partition coefficient (Wildman–Crippen LogP) is 2.46. The highest BCUT2D eigenvalue weighted by Crippen LogP contribution is 2.18. The van der Waals surface area contributed by atoms with Gasteiger partial charge in [0, 0.05) is 6.54 Å². The van der Waals surface area contributed by atoms with Crippen molar-refractivity contribution in [3.63, 3.8) is 0 Å². The third kappa shape index (κ3) is 4.29. The van der Waals surface area contributed by atoms with E-state index in [4.69, 9.17) is 4.74 Å². The van der Waals surface area contributed by atoms with E-state index in [1.165, 1.54) is 0 Å². The van der Waals surface area contributed by atoms with Crippen LogP contribution in [0, 0.1) is 0 Å². The molecule has 0 bridgehead atoms. The van der Waals surface area contributed by atoms with E-state index in [1.54, 1.807) is 18.2 Å². The highest BCUT2D eigenvalue weighted by Gasteiger charge is 2.14. The number of fused-ring (bicyclic) bond motifs is 1. The van der Waals surface area contributed by atoms with Gasteiger partial charge in [-0.15, -0.1) is 0 Å². The molecule has 0 aliphatic rings. The molecule has 118 valence electrons. The molecule has 0 aromatic heterocycles. The Morgan fingerprint density at radius 1 is 1.14 bits per heavy atom. The number of nitrogens with one attached hydrogen (secondary N) is 1. The molecule has 0 saturated heterocycles. The van der Waals surface area contributed by atoms with Crippen LogP contribution in [0.1, 0.15) is 19.8 Å². The average molecular weight is 321 g/mol. The van der Waals surface area contributed by atoms with Crippen molar-refractivity contribution in [2.24, 2.45) is 0 Å². The summed E-state index contributed by atoms with van der Waals surface area (Å²) in [6, 6.07) is 12.5. The van der Waals surface area contributed by atoms with Gasteiger partial charge in [-0.2, -0.15) is 0 Å². The summed E-state index contributed by atoms with van der Waals surface area (Å²) >= 11 is 0. The number of hydrogen-bond acceptors (Lipinski definition) is 4. The lowest BCUT2D eigenvalue weighted by molar-refractivity contribution is -0.143. The summed E-state index contributed by atoms with van der Waals surface area (Å²) in [6.07, 6.45) is 0.765. The Bertz CT molecular complexity index is 756. The van der Waals surface area contributed by atoms with Gasteiger partial charge in [-0.3, -0.25) is 4.79 Å². The van der Waals surface area contributed by atoms with Gasteiger partial charge in [-0.1, -0.05) is 37.3 Å². The number of sulfonamides is 1. The maximum atomic E-state index is 12.2. The third-order valence-electron chi connectivity index (χ3n) is 3.12. The maximum absolute atomic E-state index is 12.2. The minimum atomic E-state index is -3.63. The zero-order chi connectivity index (χ0) is 16.0. The molecule has 0 fully saturated rings. The number of rotatable bonds is 7. The van der Waals surface area contributed by atoms with Crippen LogP contribution in [0.4, 0.5) is 0 Å². The van der Waals surface area contributed by atoms with Crippen LogP contribution in [0.3, 0.4) is 0 Å². The minimum absolute atomic E-state index is 0.0206. The quantitative estimate of drug-likeness (QED) is 0.795. The zero-order valence-corrected chi connectivity index (χ0v) is 13.2. The molecule has 22 heavy (non-hydrogen) atoms. The summed E-state index contributed by atoms with van der Waals surface area (Å²) in [5.74, 6) is -0.400. The smallest absolute Gasteiger partial charge is 0.307 e. The molecule has 0 spiro atoms. The number of carbonyl (C=O) groups is 1. The lowest BCUT2D eigenvalue weighted by Gasteiger charge is -2.08. The molecule has 1 N–H and O–H groups in total. The number of carbonyl (C=O) groups excluding carboxylic acids is 1. The molecule has 0 aliphatic heterocycles. The Morgan fingerprint density at radius 2 is 1.86 bits per heavy atom. The molecule has 5 nitrogen and oxygen atoms in total. The number of hydrogen-bond donors (Lipinski definition) is 1. The van der Waals surface area contributed by atoms with E-state index in [1.807, 2.05) is 31.2 Å². The molecule has 0 radical (unpaired) electrons. The van der Waals surface area contributed by atoms with Crippen LogP contribution in [-0.2, 0) is 19.6 Å². The van der Waals surface area contributed by atoms with Gasteiger partial charge in [0.1, 0.15) is 0 Å². The summed E-state index contributed by atoms with van der Waals surface area (Å²) < 4.78 is 31.7. The molecule has 2 rings (SSSR count). The van der Waals surface area contributed by atoms with E-state index < -0.39 is 16.0 Å². The summed E-state index contributed by atoms with van der Waals surface area (Å²) in [5.41, 5.74) is 0. The molecule has 0 aliphatic carbocycles. The number of benzene rings is 2. The van der Waals surface area contributed by atoms with Crippen molar-refractivity contribution in [2.75, 3.05) is 13.2 Å². The van der Waals surface area contributed by atoms with Gasteiger partial charge >= 0.3 is 5.97 Å². The van der Waals surface area contributed by atoms with Crippen LogP contribution in [0.15, 0.2) is 47.4 Å². The molecule has 6 heteroatoms. The molecule has 2 aromatic rings. The molecule has 0 atom stereocenters. The first-order valence-electron chi connectivity index (χ1n) is 7.17. The predicted molar refractivity (Wildman–Crippen MR) is 85.0 cm³/mol. The van der Waals surface area contributed by atoms with E-state index in [9.17, 15) is 13.2 Å². The van der Waals surface area contributed by atoms with Crippen LogP contribution in [-0.4, -0.2) is 27.5 Å². The fraction of sp³-hybridized carbons (Fsp3) is 0.312. The largest absolute Gasteiger partial charge is 0.466 e. The first-order valence-corrected chi connectivity index (χ1v) is 8.65. The first kappa shape index (κ1) is 16.5. The van der Waals surface area contributed by atoms with E-state index in [0.717, 1.165) is 17.2 Å². The third-order valence-corrected chi connectivity index (χ3v) is 4.58. The summed E-state index contributed by atoms with van der Waals surface area (Å²) in [7, 11) is -3.63. The lowest BCUT2D eigenvalue weighted by atomic mass is 10.1. The fourth-order valence-electron chi connectivity index (χ4n) is 1.99. The van der Waals surface area contributed by atoms with Crippen molar-refractivity contribution in [3.8, 4) is 0 Å². The Morgan fingerprint density at radius 3 is 2.59 bits per heavy atom. The van der Waals surface area contributed by atoms with Gasteiger partial charge < -0.3 is 4.74 Å². The SMILES string of the molecule is CCCOC(=O)CCNS(=O)(=O)c1ccc2ccccc2c1. The summed E-state index contributed by atoms with van der Waals surface area (Å²) in [6.45, 7) is 2.28. The molecule has 0 heterocycles. The van der Waals surface area contributed by atoms with Crippen LogP contribution in [0.25, 0.3) is 10.8 Å². The van der Waals surface area contributed by atoms with E-state index in [-0.39, 0.29) is 17.9 Å². The van der Waals surface area contributed by atoms with Gasteiger partial charge in [0.15, 0.2) is 0 Å². The molecular formula is C16H19NO4S. The Hall–Kier alpha value is -1.92. The standard InChI is InChI=1S/C16H19NO4S/c1-2-11-21-16(18)9-10-17-22(19,20)15-8-7-13-5-3-4-6-14(13)12-15/h3-8,12,17H,2,9-11H2,1H3. The second-order valence-electron chi connectivity index (χ2n) is 4.88. The Labute approximate surface area is 130 Å². The highest BCUT2D eigenvalue weighted by atomic mass is 32.2. The highest BCUT2D eigenvalue weighted by molar-refractivity contribution is 7.89. The lowest BCUT2D eigenvalue weighted by Crippen LogP contribution is -2.26.